The maximum atomic E-state index is 13.2. The lowest BCUT2D eigenvalue weighted by atomic mass is 9.63. The minimum Gasteiger partial charge on any atom is -0.375 e. The minimum absolute atomic E-state index is 0.0209. The van der Waals surface area contributed by atoms with Gasteiger partial charge in [0.2, 0.25) is 0 Å². The van der Waals surface area contributed by atoms with Gasteiger partial charge in [0.25, 0.3) is 0 Å². The van der Waals surface area contributed by atoms with E-state index in [1.807, 2.05) is 0 Å². The Morgan fingerprint density at radius 3 is 2.60 bits per heavy atom. The fourth-order valence-corrected chi connectivity index (χ4v) is 4.61. The van der Waals surface area contributed by atoms with Crippen molar-refractivity contribution in [1.82, 2.24) is 5.32 Å². The Morgan fingerprint density at radius 2 is 2.00 bits per heavy atom. The van der Waals surface area contributed by atoms with Crippen molar-refractivity contribution < 1.29 is 9.53 Å². The molecule has 0 amide bonds. The van der Waals surface area contributed by atoms with Crippen LogP contribution in [0.15, 0.2) is 0 Å². The summed E-state index contributed by atoms with van der Waals surface area (Å²) in [5, 5.41) is 3.42. The van der Waals surface area contributed by atoms with Crippen LogP contribution in [-0.2, 0) is 9.53 Å². The van der Waals surface area contributed by atoms with Gasteiger partial charge in [-0.3, -0.25) is 4.79 Å². The molecule has 2 heterocycles. The van der Waals surface area contributed by atoms with E-state index in [0.717, 1.165) is 58.2 Å². The molecule has 0 aromatic carbocycles. The largest absolute Gasteiger partial charge is 0.375 e. The Kier molecular flexibility index (Phi) is 4.19. The van der Waals surface area contributed by atoms with Crippen LogP contribution in [0.4, 0.5) is 0 Å². The van der Waals surface area contributed by atoms with Crippen LogP contribution < -0.4 is 5.32 Å². The topological polar surface area (TPSA) is 38.3 Å². The molecule has 1 saturated carbocycles. The van der Waals surface area contributed by atoms with Gasteiger partial charge in [-0.25, -0.2) is 0 Å². The maximum Gasteiger partial charge on any atom is 0.142 e. The predicted molar refractivity (Wildman–Crippen MR) is 79.7 cm³/mol. The van der Waals surface area contributed by atoms with Gasteiger partial charge in [-0.2, -0.15) is 0 Å². The molecule has 3 fully saturated rings. The molecule has 20 heavy (non-hydrogen) atoms. The summed E-state index contributed by atoms with van der Waals surface area (Å²) in [7, 11) is 0. The van der Waals surface area contributed by atoms with E-state index >= 15 is 0 Å². The van der Waals surface area contributed by atoms with Crippen LogP contribution in [0.3, 0.4) is 0 Å². The van der Waals surface area contributed by atoms with Crippen LogP contribution in [0.5, 0.6) is 0 Å². The first-order valence-corrected chi connectivity index (χ1v) is 8.59. The third kappa shape index (κ3) is 2.55. The van der Waals surface area contributed by atoms with Gasteiger partial charge in [0.15, 0.2) is 0 Å². The van der Waals surface area contributed by atoms with Gasteiger partial charge >= 0.3 is 0 Å². The zero-order valence-corrected chi connectivity index (χ0v) is 12.9. The molecule has 0 bridgehead atoms. The summed E-state index contributed by atoms with van der Waals surface area (Å²) in [4.78, 5) is 13.2. The fourth-order valence-electron chi connectivity index (χ4n) is 4.61. The van der Waals surface area contributed by atoms with Gasteiger partial charge in [0, 0.05) is 17.9 Å². The van der Waals surface area contributed by atoms with Gasteiger partial charge in [-0.05, 0) is 64.5 Å². The average Bonchev–Trinajstić information content (AvgIpc) is 2.46. The zero-order chi connectivity index (χ0) is 14.1. The number of ether oxygens (including phenoxy) is 1. The number of piperidine rings is 1. The molecular weight excluding hydrogens is 250 g/mol. The fraction of sp³-hybridized carbons (Fsp3) is 0.941. The molecule has 1 N–H and O–H groups in total. The number of Topliss-reactive ketones (excluding diaryl/α,β-unsaturated/α-hetero) is 1. The van der Waals surface area contributed by atoms with Crippen molar-refractivity contribution in [3.8, 4) is 0 Å². The van der Waals surface area contributed by atoms with Crippen molar-refractivity contribution in [3.05, 3.63) is 0 Å². The molecule has 0 radical (unpaired) electrons. The van der Waals surface area contributed by atoms with Crippen LogP contribution >= 0.6 is 0 Å². The van der Waals surface area contributed by atoms with Gasteiger partial charge in [-0.15, -0.1) is 0 Å². The van der Waals surface area contributed by atoms with Crippen molar-refractivity contribution in [1.29, 1.82) is 0 Å². The summed E-state index contributed by atoms with van der Waals surface area (Å²) >= 11 is 0. The van der Waals surface area contributed by atoms with E-state index in [1.165, 1.54) is 19.3 Å². The lowest BCUT2D eigenvalue weighted by Gasteiger charge is -2.49. The van der Waals surface area contributed by atoms with Gasteiger partial charge < -0.3 is 10.1 Å². The van der Waals surface area contributed by atoms with Gasteiger partial charge in [-0.1, -0.05) is 13.3 Å². The number of rotatable bonds is 4. The lowest BCUT2D eigenvalue weighted by Crippen LogP contribution is -2.51. The highest BCUT2D eigenvalue weighted by molar-refractivity contribution is 5.87. The molecule has 1 atom stereocenters. The van der Waals surface area contributed by atoms with Gasteiger partial charge in [0.1, 0.15) is 5.78 Å². The van der Waals surface area contributed by atoms with E-state index in [2.05, 4.69) is 12.2 Å². The Bertz CT molecular complexity index is 350. The second-order valence-electron chi connectivity index (χ2n) is 7.22. The molecule has 1 aliphatic carbocycles. The molecule has 2 aliphatic heterocycles. The number of carbonyl (C=O) groups is 1. The van der Waals surface area contributed by atoms with Crippen LogP contribution in [0, 0.1) is 11.3 Å². The normalized spacial score (nSPS) is 31.8. The van der Waals surface area contributed by atoms with Crippen molar-refractivity contribution in [3.63, 3.8) is 0 Å². The molecule has 3 rings (SSSR count). The number of ketones is 1. The average molecular weight is 279 g/mol. The van der Waals surface area contributed by atoms with Crippen molar-refractivity contribution >= 4 is 5.78 Å². The molecule has 2 saturated heterocycles. The third-order valence-corrected chi connectivity index (χ3v) is 5.94. The SMILES string of the molecule is CCCC1(C(=O)C2CCOC3(CCC3)C2)CCNCC1. The highest BCUT2D eigenvalue weighted by Crippen LogP contribution is 2.47. The molecule has 114 valence electrons. The van der Waals surface area contributed by atoms with E-state index in [-0.39, 0.29) is 16.9 Å². The highest BCUT2D eigenvalue weighted by atomic mass is 16.5. The molecular formula is C17H29NO2. The Morgan fingerprint density at radius 1 is 1.25 bits per heavy atom. The Labute approximate surface area is 122 Å². The molecule has 3 nitrogen and oxygen atoms in total. The van der Waals surface area contributed by atoms with Gasteiger partial charge in [0.05, 0.1) is 5.60 Å². The van der Waals surface area contributed by atoms with E-state index in [0.29, 0.717) is 5.78 Å². The smallest absolute Gasteiger partial charge is 0.142 e. The highest BCUT2D eigenvalue weighted by Gasteiger charge is 2.48. The number of hydrogen-bond donors (Lipinski definition) is 1. The zero-order valence-electron chi connectivity index (χ0n) is 12.9. The van der Waals surface area contributed by atoms with Crippen molar-refractivity contribution in [2.75, 3.05) is 19.7 Å². The molecule has 1 spiro atoms. The monoisotopic (exact) mass is 279 g/mol. The van der Waals surface area contributed by atoms with E-state index < -0.39 is 0 Å². The quantitative estimate of drug-likeness (QED) is 0.859. The summed E-state index contributed by atoms with van der Waals surface area (Å²) in [5.41, 5.74) is 0.0752. The first-order valence-electron chi connectivity index (χ1n) is 8.59. The number of carbonyl (C=O) groups excluding carboxylic acids is 1. The van der Waals surface area contributed by atoms with Crippen LogP contribution in [0.1, 0.15) is 64.7 Å². The molecule has 1 unspecified atom stereocenters. The second-order valence-corrected chi connectivity index (χ2v) is 7.22. The van der Waals surface area contributed by atoms with E-state index in [9.17, 15) is 4.79 Å². The Balaban J connectivity index is 1.71. The summed E-state index contributed by atoms with van der Waals surface area (Å²) in [6, 6.07) is 0. The lowest BCUT2D eigenvalue weighted by molar-refractivity contribution is -0.162. The first kappa shape index (κ1) is 14.5. The minimum atomic E-state index is -0.0209. The van der Waals surface area contributed by atoms with E-state index in [1.54, 1.807) is 0 Å². The predicted octanol–water partition coefficient (Wildman–Crippen LogP) is 3.07. The van der Waals surface area contributed by atoms with Crippen molar-refractivity contribution in [2.45, 2.75) is 70.3 Å². The molecule has 3 aliphatic rings. The standard InChI is InChI=1S/C17H29NO2/c1-2-5-16(8-10-18-11-9-16)15(19)14-4-12-20-17(13-14)6-3-7-17/h14,18H,2-13H2,1H3. The second kappa shape index (κ2) is 5.76. The first-order chi connectivity index (χ1) is 9.70. The van der Waals surface area contributed by atoms with Crippen LogP contribution in [0.2, 0.25) is 0 Å². The Hall–Kier alpha value is -0.410. The molecule has 0 aromatic rings. The summed E-state index contributed by atoms with van der Waals surface area (Å²) in [6.07, 6.45) is 9.90. The number of nitrogens with one attached hydrogen (secondary N) is 1. The maximum absolute atomic E-state index is 13.2. The third-order valence-electron chi connectivity index (χ3n) is 5.94. The molecule has 0 aromatic heterocycles. The summed E-state index contributed by atoms with van der Waals surface area (Å²) in [5.74, 6) is 0.851. The molecule has 3 heteroatoms. The van der Waals surface area contributed by atoms with Crippen LogP contribution in [0.25, 0.3) is 0 Å². The van der Waals surface area contributed by atoms with Crippen molar-refractivity contribution in [2.24, 2.45) is 11.3 Å². The summed E-state index contributed by atoms with van der Waals surface area (Å²) in [6.45, 7) is 5.05. The number of hydrogen-bond acceptors (Lipinski definition) is 3. The van der Waals surface area contributed by atoms with Crippen LogP contribution in [-0.4, -0.2) is 31.1 Å². The van der Waals surface area contributed by atoms with E-state index in [4.69, 9.17) is 4.74 Å². The summed E-state index contributed by atoms with van der Waals surface area (Å²) < 4.78 is 6.00.